The Hall–Kier alpha value is -4.77. The van der Waals surface area contributed by atoms with E-state index in [9.17, 15) is 9.59 Å². The molecule has 1 aliphatic heterocycles. The van der Waals surface area contributed by atoms with Crippen molar-refractivity contribution in [3.63, 3.8) is 0 Å². The Bertz CT molecular complexity index is 2710. The van der Waals surface area contributed by atoms with Gasteiger partial charge in [-0.15, -0.1) is 0 Å². The lowest BCUT2D eigenvalue weighted by atomic mass is 9.80. The first kappa shape index (κ1) is 54.0. The molecular formula is C53H61Cl2N4O9PSSi. The lowest BCUT2D eigenvalue weighted by molar-refractivity contribution is -0.118. The van der Waals surface area contributed by atoms with Gasteiger partial charge in [-0.05, 0) is 109 Å². The molecule has 0 bridgehead atoms. The summed E-state index contributed by atoms with van der Waals surface area (Å²) in [6, 6.07) is 41.6. The minimum absolute atomic E-state index is 0.0342. The summed E-state index contributed by atoms with van der Waals surface area (Å²) in [5.41, 5.74) is 1.53. The first-order chi connectivity index (χ1) is 33.9. The molecule has 1 aliphatic rings. The molecule has 13 nitrogen and oxygen atoms in total. The number of ether oxygens (including phenoxy) is 5. The van der Waals surface area contributed by atoms with Crippen LogP contribution in [0.4, 0.5) is 5.82 Å². The Morgan fingerprint density at radius 3 is 1.96 bits per heavy atom. The minimum Gasteiger partial charge on any atom is -0.497 e. The van der Waals surface area contributed by atoms with E-state index >= 15 is 0 Å². The molecule has 7 rings (SSSR count). The van der Waals surface area contributed by atoms with Crippen molar-refractivity contribution in [3.05, 3.63) is 182 Å². The standard InChI is InChI=1S/C53H61Cl2N4O9PSSi/c1-52(2,3)71(8,9)68-49-48(67-69(58(4)5)70-35-36-20-25-40(54)32-44(36)55)45(66-50(49)59-31-30-46(57-51(59)61)56-47(60)34-64-43-18-14-11-15-19-43)33-65-53(37-16-12-10-13-17-37,38-21-26-41(62-6)27-22-38)39-23-28-42(63-7)29-24-39/h10-32,45,48-50H,33-35H2,1-9H3,(H,56,57,60,61)/t45-,48-,49-,50-,69?/m1/s1. The van der Waals surface area contributed by atoms with Crippen molar-refractivity contribution in [1.29, 1.82) is 0 Å². The number of amides is 1. The molecule has 5 atom stereocenters. The summed E-state index contributed by atoms with van der Waals surface area (Å²) in [5.74, 6) is 2.00. The highest BCUT2D eigenvalue weighted by Crippen LogP contribution is 2.58. The van der Waals surface area contributed by atoms with Gasteiger partial charge in [0.05, 0.1) is 20.8 Å². The van der Waals surface area contributed by atoms with Crippen molar-refractivity contribution >= 4 is 62.1 Å². The number of rotatable bonds is 21. The third-order valence-corrected chi connectivity index (χ3v) is 21.6. The number of benzene rings is 5. The van der Waals surface area contributed by atoms with Gasteiger partial charge in [-0.1, -0.05) is 134 Å². The van der Waals surface area contributed by atoms with Gasteiger partial charge >= 0.3 is 5.69 Å². The van der Waals surface area contributed by atoms with Crippen LogP contribution in [0.1, 0.15) is 49.3 Å². The highest BCUT2D eigenvalue weighted by Gasteiger charge is 2.54. The van der Waals surface area contributed by atoms with E-state index in [-0.39, 0.29) is 24.1 Å². The van der Waals surface area contributed by atoms with Crippen LogP contribution in [0.25, 0.3) is 0 Å². The lowest BCUT2D eigenvalue weighted by Crippen LogP contribution is -2.50. The van der Waals surface area contributed by atoms with Crippen molar-refractivity contribution in [3.8, 4) is 17.2 Å². The van der Waals surface area contributed by atoms with Crippen LogP contribution in [0.5, 0.6) is 17.2 Å². The fraction of sp³-hybridized carbons (Fsp3) is 0.340. The van der Waals surface area contributed by atoms with Gasteiger partial charge in [-0.25, -0.2) is 4.79 Å². The Kier molecular flexibility index (Phi) is 18.1. The third kappa shape index (κ3) is 13.1. The van der Waals surface area contributed by atoms with Gasteiger partial charge < -0.3 is 38.0 Å². The van der Waals surface area contributed by atoms with E-state index in [2.05, 4.69) is 44.2 Å². The van der Waals surface area contributed by atoms with Crippen molar-refractivity contribution in [2.45, 2.75) is 74.8 Å². The molecule has 71 heavy (non-hydrogen) atoms. The van der Waals surface area contributed by atoms with Crippen LogP contribution in [0.3, 0.4) is 0 Å². The van der Waals surface area contributed by atoms with Crippen LogP contribution in [0.2, 0.25) is 28.2 Å². The third-order valence-electron chi connectivity index (χ3n) is 12.5. The normalized spacial score (nSPS) is 17.7. The molecule has 0 saturated carbocycles. The SMILES string of the molecule is COc1ccc(C(OC[C@H]2O[C@@H](n3ccc(NC(=O)COc4ccccc4)nc3=O)[C@H](O[Si](C)(C)C(C)(C)C)[C@@H]2OP(SCc2ccc(Cl)cc2Cl)N(C)C)(c2ccccc2)c2ccc(OC)cc2)cc1. The highest BCUT2D eigenvalue weighted by molar-refractivity contribution is 8.53. The fourth-order valence-electron chi connectivity index (χ4n) is 7.75. The van der Waals surface area contributed by atoms with Crippen LogP contribution < -0.4 is 25.2 Å². The average molecular weight is 1060 g/mol. The molecule has 1 saturated heterocycles. The smallest absolute Gasteiger partial charge is 0.351 e. The van der Waals surface area contributed by atoms with Gasteiger partial charge in [0.1, 0.15) is 47.0 Å². The molecule has 1 unspecified atom stereocenters. The summed E-state index contributed by atoms with van der Waals surface area (Å²) in [6.07, 6.45) is -1.97. The lowest BCUT2D eigenvalue weighted by Gasteiger charge is -2.41. The summed E-state index contributed by atoms with van der Waals surface area (Å²) in [7, 11) is 3.07. The summed E-state index contributed by atoms with van der Waals surface area (Å²) in [6.45, 7) is 10.5. The summed E-state index contributed by atoms with van der Waals surface area (Å²) >= 11 is 14.6. The number of aromatic nitrogens is 2. The van der Waals surface area contributed by atoms with E-state index in [4.69, 9.17) is 55.8 Å². The molecule has 1 aromatic heterocycles. The second kappa shape index (κ2) is 23.8. The number of methoxy groups -OCH3 is 2. The summed E-state index contributed by atoms with van der Waals surface area (Å²) < 4.78 is 49.7. The number of anilines is 1. The molecule has 5 aromatic carbocycles. The van der Waals surface area contributed by atoms with Crippen LogP contribution >= 0.6 is 42.1 Å². The molecule has 1 fully saturated rings. The predicted octanol–water partition coefficient (Wildman–Crippen LogP) is 12.0. The second-order valence-corrected chi connectivity index (χ2v) is 27.9. The van der Waals surface area contributed by atoms with E-state index < -0.39 is 57.6 Å². The Labute approximate surface area is 432 Å². The first-order valence-corrected chi connectivity index (χ1v) is 29.5. The first-order valence-electron chi connectivity index (χ1n) is 23.0. The maximum absolute atomic E-state index is 14.4. The van der Waals surface area contributed by atoms with Gasteiger partial charge in [0.2, 0.25) is 0 Å². The minimum atomic E-state index is -2.68. The number of hydrogen-bond acceptors (Lipinski definition) is 12. The molecule has 376 valence electrons. The Morgan fingerprint density at radius 1 is 0.817 bits per heavy atom. The highest BCUT2D eigenvalue weighted by atomic mass is 35.5. The predicted molar refractivity (Wildman–Crippen MR) is 287 cm³/mol. The number of nitrogens with zero attached hydrogens (tertiary/aromatic N) is 3. The number of hydrogen-bond donors (Lipinski definition) is 1. The largest absolute Gasteiger partial charge is 0.497 e. The van der Waals surface area contributed by atoms with Crippen LogP contribution in [-0.4, -0.2) is 88.3 Å². The molecule has 1 N–H and O–H groups in total. The van der Waals surface area contributed by atoms with Gasteiger partial charge in [-0.3, -0.25) is 14.0 Å². The number of para-hydroxylation sites is 1. The summed E-state index contributed by atoms with van der Waals surface area (Å²) in [4.78, 5) is 31.7. The van der Waals surface area contributed by atoms with E-state index in [1.807, 2.05) is 128 Å². The molecular weight excluding hydrogens is 999 g/mol. The van der Waals surface area contributed by atoms with Gasteiger partial charge in [0.15, 0.2) is 28.7 Å². The second-order valence-electron chi connectivity index (χ2n) is 18.5. The van der Waals surface area contributed by atoms with Crippen molar-refractivity contribution in [2.24, 2.45) is 0 Å². The number of halogens is 2. The topological polar surface area (TPSA) is 132 Å². The monoisotopic (exact) mass is 1060 g/mol. The number of nitrogens with one attached hydrogen (secondary N) is 1. The zero-order chi connectivity index (χ0) is 50.9. The fourth-order valence-corrected chi connectivity index (χ4v) is 13.0. The van der Waals surface area contributed by atoms with Crippen molar-refractivity contribution in [2.75, 3.05) is 46.8 Å². The van der Waals surface area contributed by atoms with Gasteiger partial charge in [0, 0.05) is 22.0 Å². The van der Waals surface area contributed by atoms with Crippen molar-refractivity contribution < 1.29 is 37.4 Å². The molecule has 2 heterocycles. The molecule has 0 spiro atoms. The molecule has 0 radical (unpaired) electrons. The van der Waals surface area contributed by atoms with Gasteiger partial charge in [-0.2, -0.15) is 4.98 Å². The van der Waals surface area contributed by atoms with E-state index in [0.717, 1.165) is 22.3 Å². The van der Waals surface area contributed by atoms with E-state index in [0.29, 0.717) is 33.0 Å². The van der Waals surface area contributed by atoms with E-state index in [1.54, 1.807) is 56.1 Å². The molecule has 6 aromatic rings. The van der Waals surface area contributed by atoms with E-state index in [1.165, 1.54) is 4.57 Å². The van der Waals surface area contributed by atoms with Crippen LogP contribution in [0, 0.1) is 0 Å². The Balaban J connectivity index is 1.32. The zero-order valence-electron chi connectivity index (χ0n) is 41.3. The quantitative estimate of drug-likeness (QED) is 0.0418. The Morgan fingerprint density at radius 2 is 1.41 bits per heavy atom. The average Bonchev–Trinajstić information content (AvgIpc) is 3.68. The van der Waals surface area contributed by atoms with Gasteiger partial charge in [0.25, 0.3) is 5.91 Å². The maximum atomic E-state index is 14.4. The zero-order valence-corrected chi connectivity index (χ0v) is 45.6. The van der Waals surface area contributed by atoms with Crippen LogP contribution in [0.15, 0.2) is 144 Å². The maximum Gasteiger partial charge on any atom is 0.351 e. The summed E-state index contributed by atoms with van der Waals surface area (Å²) in [5, 5.41) is 3.54. The molecule has 18 heteroatoms. The number of carbonyl (C=O) groups is 1. The molecule has 1 amide bonds. The molecule has 0 aliphatic carbocycles. The van der Waals surface area contributed by atoms with Crippen LogP contribution in [-0.2, 0) is 34.6 Å². The van der Waals surface area contributed by atoms with Crippen molar-refractivity contribution in [1.82, 2.24) is 14.2 Å². The number of carbonyl (C=O) groups excluding carboxylic acids is 1.